The Morgan fingerprint density at radius 2 is 1.59 bits per heavy atom. The summed E-state index contributed by atoms with van der Waals surface area (Å²) < 4.78 is 0. The zero-order valence-electron chi connectivity index (χ0n) is 12.6. The lowest BCUT2D eigenvalue weighted by Gasteiger charge is -2.25. The van der Waals surface area contributed by atoms with Crippen molar-refractivity contribution in [2.75, 3.05) is 6.54 Å². The molecule has 1 aliphatic rings. The lowest BCUT2D eigenvalue weighted by atomic mass is 9.93. The number of rotatable bonds is 7. The molecule has 1 nitrogen and oxygen atoms in total. The molecule has 0 aliphatic heterocycles. The molecule has 1 N–H and O–H groups in total. The zero-order chi connectivity index (χ0) is 12.8. The Morgan fingerprint density at radius 3 is 2.00 bits per heavy atom. The molecule has 0 aromatic carbocycles. The van der Waals surface area contributed by atoms with Crippen molar-refractivity contribution >= 4 is 0 Å². The molecule has 1 heteroatoms. The van der Waals surface area contributed by atoms with E-state index in [4.69, 9.17) is 0 Å². The van der Waals surface area contributed by atoms with E-state index in [2.05, 4.69) is 39.9 Å². The van der Waals surface area contributed by atoms with Crippen molar-refractivity contribution in [3.8, 4) is 0 Å². The summed E-state index contributed by atoms with van der Waals surface area (Å²) in [6, 6.07) is 0.739. The van der Waals surface area contributed by atoms with Crippen LogP contribution in [0.3, 0.4) is 0 Å². The van der Waals surface area contributed by atoms with Gasteiger partial charge in [0.2, 0.25) is 0 Å². The molecule has 2 unspecified atom stereocenters. The lowest BCUT2D eigenvalue weighted by Crippen LogP contribution is -2.36. The molecular weight excluding hydrogens is 206 g/mol. The van der Waals surface area contributed by atoms with Gasteiger partial charge >= 0.3 is 0 Å². The van der Waals surface area contributed by atoms with E-state index in [0.717, 1.165) is 29.7 Å². The van der Waals surface area contributed by atoms with E-state index in [0.29, 0.717) is 0 Å². The van der Waals surface area contributed by atoms with Gasteiger partial charge in [-0.25, -0.2) is 0 Å². The van der Waals surface area contributed by atoms with Crippen molar-refractivity contribution in [3.63, 3.8) is 0 Å². The monoisotopic (exact) mass is 239 g/mol. The molecule has 0 aromatic rings. The highest BCUT2D eigenvalue weighted by Crippen LogP contribution is 2.30. The molecule has 0 spiro atoms. The first-order chi connectivity index (χ1) is 7.99. The average molecular weight is 239 g/mol. The smallest absolute Gasteiger partial charge is 0.00720 e. The van der Waals surface area contributed by atoms with Crippen molar-refractivity contribution < 1.29 is 0 Å². The van der Waals surface area contributed by atoms with Crippen LogP contribution in [0.2, 0.25) is 0 Å². The van der Waals surface area contributed by atoms with Crippen molar-refractivity contribution in [1.29, 1.82) is 0 Å². The summed E-state index contributed by atoms with van der Waals surface area (Å²) >= 11 is 0. The van der Waals surface area contributed by atoms with Crippen molar-refractivity contribution in [2.24, 2.45) is 23.7 Å². The quantitative estimate of drug-likeness (QED) is 0.691. The van der Waals surface area contributed by atoms with Gasteiger partial charge in [-0.05, 0) is 49.5 Å². The molecule has 0 saturated heterocycles. The molecular formula is C16H33N. The highest BCUT2D eigenvalue weighted by atomic mass is 14.9. The highest BCUT2D eigenvalue weighted by molar-refractivity contribution is 4.79. The van der Waals surface area contributed by atoms with E-state index < -0.39 is 0 Å². The van der Waals surface area contributed by atoms with Crippen LogP contribution < -0.4 is 5.32 Å². The van der Waals surface area contributed by atoms with Crippen molar-refractivity contribution in [2.45, 2.75) is 72.8 Å². The summed E-state index contributed by atoms with van der Waals surface area (Å²) in [5, 5.41) is 3.85. The fraction of sp³-hybridized carbons (Fsp3) is 1.00. The van der Waals surface area contributed by atoms with Crippen LogP contribution in [-0.4, -0.2) is 12.6 Å². The standard InChI is InChI=1S/C16H33N/c1-12(2)9-16(10-13(3)4)17-11-15-8-6-7-14(15)5/h12-17H,6-11H2,1-5H3. The van der Waals surface area contributed by atoms with Gasteiger partial charge in [-0.1, -0.05) is 47.5 Å². The van der Waals surface area contributed by atoms with Crippen LogP contribution in [0.4, 0.5) is 0 Å². The predicted octanol–water partition coefficient (Wildman–Crippen LogP) is 4.47. The minimum absolute atomic E-state index is 0.739. The molecule has 1 fully saturated rings. The van der Waals surface area contributed by atoms with Gasteiger partial charge in [0.25, 0.3) is 0 Å². The molecule has 17 heavy (non-hydrogen) atoms. The Bertz CT molecular complexity index is 188. The van der Waals surface area contributed by atoms with Gasteiger partial charge in [0.05, 0.1) is 0 Å². The maximum absolute atomic E-state index is 3.85. The fourth-order valence-corrected chi connectivity index (χ4v) is 3.24. The third kappa shape index (κ3) is 5.90. The normalized spacial score (nSPS) is 25.4. The zero-order valence-corrected chi connectivity index (χ0v) is 12.6. The molecule has 0 aromatic heterocycles. The maximum Gasteiger partial charge on any atom is 0.00720 e. The van der Waals surface area contributed by atoms with Gasteiger partial charge < -0.3 is 5.32 Å². The minimum Gasteiger partial charge on any atom is -0.314 e. The van der Waals surface area contributed by atoms with Gasteiger partial charge in [-0.15, -0.1) is 0 Å². The molecule has 0 heterocycles. The van der Waals surface area contributed by atoms with E-state index in [1.165, 1.54) is 38.6 Å². The number of hydrogen-bond donors (Lipinski definition) is 1. The first kappa shape index (κ1) is 15.0. The Balaban J connectivity index is 2.31. The third-order valence-electron chi connectivity index (χ3n) is 4.22. The lowest BCUT2D eigenvalue weighted by molar-refractivity contribution is 0.314. The predicted molar refractivity (Wildman–Crippen MR) is 77.2 cm³/mol. The van der Waals surface area contributed by atoms with E-state index in [1.807, 2.05) is 0 Å². The van der Waals surface area contributed by atoms with E-state index in [1.54, 1.807) is 0 Å². The van der Waals surface area contributed by atoms with Crippen LogP contribution in [0.1, 0.15) is 66.7 Å². The summed E-state index contributed by atoms with van der Waals surface area (Å²) in [5.41, 5.74) is 0. The number of nitrogens with one attached hydrogen (secondary N) is 1. The molecule has 1 rings (SSSR count). The van der Waals surface area contributed by atoms with Crippen LogP contribution in [-0.2, 0) is 0 Å². The Kier molecular flexibility index (Phi) is 6.54. The highest BCUT2D eigenvalue weighted by Gasteiger charge is 2.24. The Hall–Kier alpha value is -0.0400. The van der Waals surface area contributed by atoms with Gasteiger partial charge in [0.15, 0.2) is 0 Å². The molecule has 1 saturated carbocycles. The summed E-state index contributed by atoms with van der Waals surface area (Å²) in [5.74, 6) is 3.51. The molecule has 2 atom stereocenters. The third-order valence-corrected chi connectivity index (χ3v) is 4.22. The second-order valence-corrected chi connectivity index (χ2v) is 7.03. The maximum atomic E-state index is 3.85. The SMILES string of the molecule is CC(C)CC(CC(C)C)NCC1CCCC1C. The van der Waals surface area contributed by atoms with E-state index in [9.17, 15) is 0 Å². The molecule has 102 valence electrons. The molecule has 0 radical (unpaired) electrons. The van der Waals surface area contributed by atoms with E-state index >= 15 is 0 Å². The van der Waals surface area contributed by atoms with Crippen molar-refractivity contribution in [1.82, 2.24) is 5.32 Å². The van der Waals surface area contributed by atoms with Crippen LogP contribution in [0.15, 0.2) is 0 Å². The minimum atomic E-state index is 0.739. The van der Waals surface area contributed by atoms with Gasteiger partial charge in [0.1, 0.15) is 0 Å². The largest absolute Gasteiger partial charge is 0.314 e. The molecule has 1 aliphatic carbocycles. The summed E-state index contributed by atoms with van der Waals surface area (Å²) in [6.07, 6.45) is 7.01. The van der Waals surface area contributed by atoms with Gasteiger partial charge in [0, 0.05) is 6.04 Å². The average Bonchev–Trinajstić information content (AvgIpc) is 2.59. The first-order valence-electron chi connectivity index (χ1n) is 7.72. The summed E-state index contributed by atoms with van der Waals surface area (Å²) in [7, 11) is 0. The van der Waals surface area contributed by atoms with E-state index in [-0.39, 0.29) is 0 Å². The van der Waals surface area contributed by atoms with Crippen LogP contribution in [0, 0.1) is 23.7 Å². The van der Waals surface area contributed by atoms with Gasteiger partial charge in [-0.3, -0.25) is 0 Å². The Labute approximate surface area is 109 Å². The summed E-state index contributed by atoms with van der Waals surface area (Å²) in [4.78, 5) is 0. The van der Waals surface area contributed by atoms with Crippen LogP contribution in [0.25, 0.3) is 0 Å². The second-order valence-electron chi connectivity index (χ2n) is 7.03. The fourth-order valence-electron chi connectivity index (χ4n) is 3.24. The van der Waals surface area contributed by atoms with Gasteiger partial charge in [-0.2, -0.15) is 0 Å². The first-order valence-corrected chi connectivity index (χ1v) is 7.72. The number of hydrogen-bond acceptors (Lipinski definition) is 1. The molecule has 0 bridgehead atoms. The van der Waals surface area contributed by atoms with Crippen LogP contribution >= 0.6 is 0 Å². The summed E-state index contributed by atoms with van der Waals surface area (Å²) in [6.45, 7) is 13.0. The second kappa shape index (κ2) is 7.41. The molecule has 0 amide bonds. The van der Waals surface area contributed by atoms with Crippen molar-refractivity contribution in [3.05, 3.63) is 0 Å². The topological polar surface area (TPSA) is 12.0 Å². The Morgan fingerprint density at radius 1 is 1.00 bits per heavy atom. The van der Waals surface area contributed by atoms with Crippen LogP contribution in [0.5, 0.6) is 0 Å².